The highest BCUT2D eigenvalue weighted by atomic mass is 32.1. The Bertz CT molecular complexity index is 769. The van der Waals surface area contributed by atoms with Crippen LogP contribution >= 0.6 is 11.3 Å². The van der Waals surface area contributed by atoms with Crippen molar-refractivity contribution in [1.82, 2.24) is 4.57 Å². The number of pyridine rings is 1. The average molecular weight is 331 g/mol. The van der Waals surface area contributed by atoms with Crippen molar-refractivity contribution in [3.8, 4) is 10.4 Å². The summed E-state index contributed by atoms with van der Waals surface area (Å²) >= 11 is 1.59. The van der Waals surface area contributed by atoms with Crippen LogP contribution in [0, 0.1) is 12.8 Å². The van der Waals surface area contributed by atoms with Crippen LogP contribution in [0.5, 0.6) is 0 Å². The number of Topliss-reactive ketones (excluding diaryl/α,β-unsaturated/α-hetero) is 1. The van der Waals surface area contributed by atoms with Gasteiger partial charge in [-0.15, -0.1) is 11.3 Å². The third kappa shape index (κ3) is 3.62. The molecule has 1 saturated heterocycles. The molecule has 5 heteroatoms. The summed E-state index contributed by atoms with van der Waals surface area (Å²) in [6.45, 7) is 5.88. The van der Waals surface area contributed by atoms with Crippen LogP contribution in [0.3, 0.4) is 0 Å². The molecule has 0 atom stereocenters. The van der Waals surface area contributed by atoms with E-state index in [0.717, 1.165) is 42.4 Å². The number of rotatable bonds is 4. The predicted molar refractivity (Wildman–Crippen MR) is 92.3 cm³/mol. The van der Waals surface area contributed by atoms with Crippen molar-refractivity contribution >= 4 is 17.1 Å². The van der Waals surface area contributed by atoms with Gasteiger partial charge in [0.15, 0.2) is 5.78 Å². The van der Waals surface area contributed by atoms with Gasteiger partial charge in [0.2, 0.25) is 5.43 Å². The quantitative estimate of drug-likeness (QED) is 0.806. The van der Waals surface area contributed by atoms with Crippen molar-refractivity contribution in [1.29, 1.82) is 0 Å². The Kier molecular flexibility index (Phi) is 4.78. The molecular formula is C18H21NO3S. The Morgan fingerprint density at radius 3 is 2.65 bits per heavy atom. The minimum atomic E-state index is -0.175. The molecule has 2 aromatic heterocycles. The lowest BCUT2D eigenvalue weighted by Crippen LogP contribution is -2.23. The lowest BCUT2D eigenvalue weighted by Gasteiger charge is -2.23. The largest absolute Gasteiger partial charge is 0.381 e. The first-order chi connectivity index (χ1) is 11.0. The number of thiophene rings is 1. The summed E-state index contributed by atoms with van der Waals surface area (Å²) in [6, 6.07) is 3.96. The third-order valence-corrected chi connectivity index (χ3v) is 5.31. The second-order valence-corrected chi connectivity index (χ2v) is 7.42. The summed E-state index contributed by atoms with van der Waals surface area (Å²) in [6.07, 6.45) is 5.66. The van der Waals surface area contributed by atoms with Crippen LogP contribution in [0.25, 0.3) is 10.4 Å². The number of aryl methyl sites for hydroxylation is 1. The molecule has 3 rings (SSSR count). The summed E-state index contributed by atoms with van der Waals surface area (Å²) in [5.41, 5.74) is 0.742. The maximum absolute atomic E-state index is 12.6. The highest BCUT2D eigenvalue weighted by molar-refractivity contribution is 7.15. The predicted octanol–water partition coefficient (Wildman–Crippen LogP) is 3.51. The van der Waals surface area contributed by atoms with Crippen molar-refractivity contribution in [2.24, 2.45) is 5.92 Å². The number of hydrogen-bond donors (Lipinski definition) is 0. The van der Waals surface area contributed by atoms with Gasteiger partial charge in [-0.1, -0.05) is 0 Å². The highest BCUT2D eigenvalue weighted by Gasteiger charge is 2.18. The number of carbonyl (C=O) groups is 1. The minimum absolute atomic E-state index is 0.164. The Balaban J connectivity index is 2.01. The molecule has 1 aliphatic heterocycles. The Morgan fingerprint density at radius 2 is 2.04 bits per heavy atom. The topological polar surface area (TPSA) is 48.3 Å². The molecule has 0 unspecified atom stereocenters. The maximum atomic E-state index is 12.6. The summed E-state index contributed by atoms with van der Waals surface area (Å²) in [5.74, 6) is 0.356. The summed E-state index contributed by atoms with van der Waals surface area (Å²) in [4.78, 5) is 26.6. The van der Waals surface area contributed by atoms with Crippen LogP contribution in [0.4, 0.5) is 0 Å². The summed E-state index contributed by atoms with van der Waals surface area (Å²) in [5, 5.41) is 0. The molecule has 0 amide bonds. The van der Waals surface area contributed by atoms with Crippen LogP contribution in [0.1, 0.15) is 35.0 Å². The van der Waals surface area contributed by atoms with E-state index in [-0.39, 0.29) is 16.8 Å². The van der Waals surface area contributed by atoms with Crippen LogP contribution in [0.15, 0.2) is 29.3 Å². The van der Waals surface area contributed by atoms with E-state index in [4.69, 9.17) is 4.74 Å². The standard InChI is InChI=1S/C18H21NO3S/c1-12-3-4-17(23-12)16-11-19(9-14-5-7-22-8-6-14)10-15(13(2)20)18(16)21/h3-4,10-11,14H,5-9H2,1-2H3. The molecule has 0 bridgehead atoms. The van der Waals surface area contributed by atoms with Crippen LogP contribution in [-0.4, -0.2) is 23.6 Å². The van der Waals surface area contributed by atoms with E-state index in [1.54, 1.807) is 17.5 Å². The van der Waals surface area contributed by atoms with Gasteiger partial charge in [0.1, 0.15) is 0 Å². The zero-order valence-corrected chi connectivity index (χ0v) is 14.3. The van der Waals surface area contributed by atoms with Crippen molar-refractivity contribution in [2.45, 2.75) is 33.2 Å². The second-order valence-electron chi connectivity index (χ2n) is 6.13. The normalized spacial score (nSPS) is 15.7. The van der Waals surface area contributed by atoms with Gasteiger partial charge in [-0.2, -0.15) is 0 Å². The van der Waals surface area contributed by atoms with E-state index in [9.17, 15) is 9.59 Å². The van der Waals surface area contributed by atoms with Gasteiger partial charge in [0, 0.05) is 41.9 Å². The molecular weight excluding hydrogens is 310 g/mol. The van der Waals surface area contributed by atoms with Gasteiger partial charge in [0.25, 0.3) is 0 Å². The molecule has 4 nitrogen and oxygen atoms in total. The Morgan fingerprint density at radius 1 is 1.30 bits per heavy atom. The monoisotopic (exact) mass is 331 g/mol. The van der Waals surface area contributed by atoms with Crippen molar-refractivity contribution in [2.75, 3.05) is 13.2 Å². The fraction of sp³-hybridized carbons (Fsp3) is 0.444. The average Bonchev–Trinajstić information content (AvgIpc) is 2.96. The van der Waals surface area contributed by atoms with E-state index in [1.165, 1.54) is 6.92 Å². The second kappa shape index (κ2) is 6.81. The van der Waals surface area contributed by atoms with Crippen LogP contribution in [0.2, 0.25) is 0 Å². The number of aromatic nitrogens is 1. The van der Waals surface area contributed by atoms with Gasteiger partial charge < -0.3 is 9.30 Å². The van der Waals surface area contributed by atoms with Gasteiger partial charge in [-0.3, -0.25) is 9.59 Å². The van der Waals surface area contributed by atoms with Gasteiger partial charge >= 0.3 is 0 Å². The van der Waals surface area contributed by atoms with E-state index in [1.807, 2.05) is 29.8 Å². The SMILES string of the molecule is CC(=O)c1cn(CC2CCOCC2)cc(-c2ccc(C)s2)c1=O. The molecule has 0 saturated carbocycles. The number of ether oxygens (including phenoxy) is 1. The molecule has 23 heavy (non-hydrogen) atoms. The fourth-order valence-corrected chi connectivity index (χ4v) is 3.84. The van der Waals surface area contributed by atoms with Crippen molar-refractivity contribution < 1.29 is 9.53 Å². The molecule has 1 fully saturated rings. The third-order valence-electron chi connectivity index (χ3n) is 4.27. The summed E-state index contributed by atoms with van der Waals surface area (Å²) < 4.78 is 7.41. The molecule has 0 spiro atoms. The van der Waals surface area contributed by atoms with Crippen molar-refractivity contribution in [3.05, 3.63) is 45.2 Å². The van der Waals surface area contributed by atoms with Crippen molar-refractivity contribution in [3.63, 3.8) is 0 Å². The highest BCUT2D eigenvalue weighted by Crippen LogP contribution is 2.26. The zero-order valence-electron chi connectivity index (χ0n) is 13.5. The molecule has 122 valence electrons. The number of hydrogen-bond acceptors (Lipinski definition) is 4. The first kappa shape index (κ1) is 16.1. The Labute approximate surface area is 139 Å². The van der Waals surface area contributed by atoms with E-state index in [0.29, 0.717) is 11.5 Å². The lowest BCUT2D eigenvalue weighted by atomic mass is 10.00. The molecule has 0 aliphatic carbocycles. The molecule has 2 aromatic rings. The number of ketones is 1. The lowest BCUT2D eigenvalue weighted by molar-refractivity contribution is 0.0612. The van der Waals surface area contributed by atoms with Gasteiger partial charge in [0.05, 0.1) is 11.1 Å². The number of nitrogens with zero attached hydrogens (tertiary/aromatic N) is 1. The first-order valence-electron chi connectivity index (χ1n) is 7.94. The summed E-state index contributed by atoms with van der Waals surface area (Å²) in [7, 11) is 0. The van der Waals surface area contributed by atoms with Gasteiger partial charge in [-0.05, 0) is 44.7 Å². The van der Waals surface area contributed by atoms with E-state index >= 15 is 0 Å². The number of carbonyl (C=O) groups excluding carboxylic acids is 1. The zero-order chi connectivity index (χ0) is 16.4. The maximum Gasteiger partial charge on any atom is 0.200 e. The molecule has 0 radical (unpaired) electrons. The molecule has 3 heterocycles. The smallest absolute Gasteiger partial charge is 0.200 e. The molecule has 0 N–H and O–H groups in total. The van der Waals surface area contributed by atoms with Crippen LogP contribution in [-0.2, 0) is 11.3 Å². The van der Waals surface area contributed by atoms with Crippen LogP contribution < -0.4 is 5.43 Å². The molecule has 0 aromatic carbocycles. The van der Waals surface area contributed by atoms with E-state index in [2.05, 4.69) is 0 Å². The van der Waals surface area contributed by atoms with Gasteiger partial charge in [-0.25, -0.2) is 0 Å². The fourth-order valence-electron chi connectivity index (χ4n) is 2.97. The minimum Gasteiger partial charge on any atom is -0.381 e. The molecule has 1 aliphatic rings. The van der Waals surface area contributed by atoms with E-state index < -0.39 is 0 Å². The Hall–Kier alpha value is -1.72. The first-order valence-corrected chi connectivity index (χ1v) is 8.76.